The molecule has 1 N–H and O–H groups in total. The first kappa shape index (κ1) is 13.7. The SMILES string of the molecule is CC1CN(C)CCCN1Cc1c(O)cccc1Cl. The number of halogens is 1. The molecule has 0 spiro atoms. The monoisotopic (exact) mass is 268 g/mol. The number of hydrogen-bond donors (Lipinski definition) is 1. The van der Waals surface area contributed by atoms with E-state index in [1.54, 1.807) is 12.1 Å². The van der Waals surface area contributed by atoms with Crippen LogP contribution in [0, 0.1) is 0 Å². The summed E-state index contributed by atoms with van der Waals surface area (Å²) < 4.78 is 0. The van der Waals surface area contributed by atoms with Gasteiger partial charge >= 0.3 is 0 Å². The lowest BCUT2D eigenvalue weighted by Gasteiger charge is -2.28. The number of rotatable bonds is 2. The molecule has 0 aliphatic carbocycles. The number of benzene rings is 1. The van der Waals surface area contributed by atoms with Crippen molar-refractivity contribution in [2.45, 2.75) is 25.9 Å². The van der Waals surface area contributed by atoms with Gasteiger partial charge in [-0.1, -0.05) is 17.7 Å². The molecule has 0 bridgehead atoms. The molecule has 0 radical (unpaired) electrons. The molecule has 1 aromatic carbocycles. The van der Waals surface area contributed by atoms with Crippen molar-refractivity contribution in [3.8, 4) is 5.75 Å². The van der Waals surface area contributed by atoms with Crippen molar-refractivity contribution in [2.75, 3.05) is 26.7 Å². The van der Waals surface area contributed by atoms with E-state index in [9.17, 15) is 5.11 Å². The van der Waals surface area contributed by atoms with Crippen LogP contribution in [0.5, 0.6) is 5.75 Å². The quantitative estimate of drug-likeness (QED) is 0.893. The van der Waals surface area contributed by atoms with Crippen LogP contribution in [-0.4, -0.2) is 47.6 Å². The van der Waals surface area contributed by atoms with Gasteiger partial charge in [0.15, 0.2) is 0 Å². The highest BCUT2D eigenvalue weighted by Crippen LogP contribution is 2.27. The van der Waals surface area contributed by atoms with Crippen LogP contribution in [0.1, 0.15) is 18.9 Å². The van der Waals surface area contributed by atoms with Gasteiger partial charge in [-0.15, -0.1) is 0 Å². The molecular weight excluding hydrogens is 248 g/mol. The molecule has 1 unspecified atom stereocenters. The minimum Gasteiger partial charge on any atom is -0.508 e. The van der Waals surface area contributed by atoms with E-state index in [2.05, 4.69) is 23.8 Å². The van der Waals surface area contributed by atoms with Crippen LogP contribution in [0.15, 0.2) is 18.2 Å². The van der Waals surface area contributed by atoms with E-state index in [1.165, 1.54) is 0 Å². The summed E-state index contributed by atoms with van der Waals surface area (Å²) in [5.41, 5.74) is 0.843. The molecule has 1 aromatic rings. The van der Waals surface area contributed by atoms with E-state index >= 15 is 0 Å². The molecule has 4 heteroatoms. The van der Waals surface area contributed by atoms with Crippen LogP contribution in [0.4, 0.5) is 0 Å². The summed E-state index contributed by atoms with van der Waals surface area (Å²) in [4.78, 5) is 4.75. The Morgan fingerprint density at radius 2 is 2.17 bits per heavy atom. The molecule has 100 valence electrons. The zero-order valence-electron chi connectivity index (χ0n) is 11.1. The highest BCUT2D eigenvalue weighted by atomic mass is 35.5. The Labute approximate surface area is 114 Å². The van der Waals surface area contributed by atoms with Gasteiger partial charge in [0, 0.05) is 36.3 Å². The topological polar surface area (TPSA) is 26.7 Å². The third kappa shape index (κ3) is 3.16. The van der Waals surface area contributed by atoms with Gasteiger partial charge in [-0.3, -0.25) is 4.90 Å². The fourth-order valence-electron chi connectivity index (χ4n) is 2.56. The van der Waals surface area contributed by atoms with E-state index in [4.69, 9.17) is 11.6 Å². The highest BCUT2D eigenvalue weighted by molar-refractivity contribution is 6.31. The maximum atomic E-state index is 9.91. The molecule has 0 aromatic heterocycles. The molecule has 0 amide bonds. The maximum Gasteiger partial charge on any atom is 0.121 e. The maximum absolute atomic E-state index is 9.91. The summed E-state index contributed by atoms with van der Waals surface area (Å²) in [5, 5.41) is 10.6. The van der Waals surface area contributed by atoms with Gasteiger partial charge in [-0.2, -0.15) is 0 Å². The molecule has 1 saturated heterocycles. The van der Waals surface area contributed by atoms with Crippen molar-refractivity contribution in [3.63, 3.8) is 0 Å². The lowest BCUT2D eigenvalue weighted by molar-refractivity contribution is 0.193. The minimum absolute atomic E-state index is 0.298. The van der Waals surface area contributed by atoms with Gasteiger partial charge in [0.25, 0.3) is 0 Å². The predicted octanol–water partition coefficient (Wildman–Crippen LogP) is 2.57. The van der Waals surface area contributed by atoms with Gasteiger partial charge in [0.1, 0.15) is 5.75 Å². The summed E-state index contributed by atoms with van der Waals surface area (Å²) in [6.45, 7) is 6.20. The van der Waals surface area contributed by atoms with Gasteiger partial charge in [0.05, 0.1) is 0 Å². The second-order valence-corrected chi connectivity index (χ2v) is 5.58. The summed E-state index contributed by atoms with van der Waals surface area (Å²) in [5.74, 6) is 0.298. The van der Waals surface area contributed by atoms with Crippen LogP contribution in [0.2, 0.25) is 5.02 Å². The van der Waals surface area contributed by atoms with Crippen LogP contribution >= 0.6 is 11.6 Å². The molecule has 2 rings (SSSR count). The zero-order chi connectivity index (χ0) is 13.1. The molecule has 0 saturated carbocycles. The number of aromatic hydroxyl groups is 1. The van der Waals surface area contributed by atoms with Crippen molar-refractivity contribution >= 4 is 11.6 Å². The predicted molar refractivity (Wildman–Crippen MR) is 75.1 cm³/mol. The van der Waals surface area contributed by atoms with Gasteiger partial charge in [-0.25, -0.2) is 0 Å². The molecule has 1 heterocycles. The number of phenols is 1. The Kier molecular flexibility index (Phi) is 4.49. The average molecular weight is 269 g/mol. The standard InChI is InChI=1S/C14H21ClN2O/c1-11-9-16(2)7-4-8-17(11)10-12-13(15)5-3-6-14(12)18/h3,5-6,11,18H,4,7-10H2,1-2H3. The summed E-state index contributed by atoms with van der Waals surface area (Å²) in [6, 6.07) is 5.80. The Hall–Kier alpha value is -0.770. The average Bonchev–Trinajstić information content (AvgIpc) is 2.46. The van der Waals surface area contributed by atoms with Crippen LogP contribution in [-0.2, 0) is 6.54 Å². The van der Waals surface area contributed by atoms with Crippen molar-refractivity contribution in [1.29, 1.82) is 0 Å². The highest BCUT2D eigenvalue weighted by Gasteiger charge is 2.21. The summed E-state index contributed by atoms with van der Waals surface area (Å²) in [6.07, 6.45) is 1.16. The van der Waals surface area contributed by atoms with Gasteiger partial charge in [-0.05, 0) is 39.1 Å². The van der Waals surface area contributed by atoms with E-state index < -0.39 is 0 Å². The van der Waals surface area contributed by atoms with E-state index in [0.29, 0.717) is 16.8 Å². The zero-order valence-corrected chi connectivity index (χ0v) is 11.8. The number of hydrogen-bond acceptors (Lipinski definition) is 3. The van der Waals surface area contributed by atoms with Gasteiger partial charge < -0.3 is 10.0 Å². The number of nitrogens with zero attached hydrogens (tertiary/aromatic N) is 2. The minimum atomic E-state index is 0.298. The first-order chi connectivity index (χ1) is 8.58. The molecule has 1 aliphatic heterocycles. The van der Waals surface area contributed by atoms with Crippen molar-refractivity contribution in [3.05, 3.63) is 28.8 Å². The van der Waals surface area contributed by atoms with E-state index in [1.807, 2.05) is 6.07 Å². The molecule has 3 nitrogen and oxygen atoms in total. The molecule has 1 atom stereocenters. The molecular formula is C14H21ClN2O. The summed E-state index contributed by atoms with van der Waals surface area (Å²) >= 11 is 6.17. The van der Waals surface area contributed by atoms with Crippen molar-refractivity contribution in [1.82, 2.24) is 9.80 Å². The Balaban J connectivity index is 2.12. The fourth-order valence-corrected chi connectivity index (χ4v) is 2.79. The normalized spacial score (nSPS) is 22.9. The fraction of sp³-hybridized carbons (Fsp3) is 0.571. The number of phenolic OH excluding ortho intramolecular Hbond substituents is 1. The lowest BCUT2D eigenvalue weighted by atomic mass is 10.1. The Morgan fingerprint density at radius 3 is 2.89 bits per heavy atom. The Morgan fingerprint density at radius 1 is 1.39 bits per heavy atom. The van der Waals surface area contributed by atoms with Crippen LogP contribution < -0.4 is 0 Å². The van der Waals surface area contributed by atoms with Crippen LogP contribution in [0.3, 0.4) is 0 Å². The van der Waals surface area contributed by atoms with E-state index in [0.717, 1.165) is 38.2 Å². The van der Waals surface area contributed by atoms with E-state index in [-0.39, 0.29) is 0 Å². The second-order valence-electron chi connectivity index (χ2n) is 5.17. The largest absolute Gasteiger partial charge is 0.508 e. The summed E-state index contributed by atoms with van der Waals surface area (Å²) in [7, 11) is 2.16. The number of likely N-dealkylation sites (N-methyl/N-ethyl adjacent to an activating group) is 1. The first-order valence-corrected chi connectivity index (χ1v) is 6.84. The smallest absolute Gasteiger partial charge is 0.121 e. The van der Waals surface area contributed by atoms with Crippen LogP contribution in [0.25, 0.3) is 0 Å². The third-order valence-corrected chi connectivity index (χ3v) is 3.99. The first-order valence-electron chi connectivity index (χ1n) is 6.47. The Bertz CT molecular complexity index is 391. The molecule has 1 fully saturated rings. The van der Waals surface area contributed by atoms with Gasteiger partial charge in [0.2, 0.25) is 0 Å². The van der Waals surface area contributed by atoms with Crippen molar-refractivity contribution in [2.24, 2.45) is 0 Å². The lowest BCUT2D eigenvalue weighted by Crippen LogP contribution is -2.37. The third-order valence-electron chi connectivity index (χ3n) is 3.64. The molecule has 18 heavy (non-hydrogen) atoms. The second kappa shape index (κ2) is 5.91. The molecule has 1 aliphatic rings. The van der Waals surface area contributed by atoms with Crippen molar-refractivity contribution < 1.29 is 5.11 Å².